The van der Waals surface area contributed by atoms with Gasteiger partial charge in [0.25, 0.3) is 11.6 Å². The Labute approximate surface area is 152 Å². The van der Waals surface area contributed by atoms with Crippen molar-refractivity contribution in [3.8, 4) is 0 Å². The fraction of sp³-hybridized carbons (Fsp3) is 0.579. The zero-order valence-corrected chi connectivity index (χ0v) is 15.5. The Morgan fingerprint density at radius 3 is 3.00 bits per heavy atom. The van der Waals surface area contributed by atoms with Gasteiger partial charge in [0.05, 0.1) is 28.2 Å². The number of carbonyl (C=O) groups is 2. The van der Waals surface area contributed by atoms with Crippen molar-refractivity contribution in [3.63, 3.8) is 0 Å². The Hall–Kier alpha value is -2.44. The number of likely N-dealkylation sites (tertiary alicyclic amines) is 1. The average Bonchev–Trinajstić information content (AvgIpc) is 2.87. The maximum atomic E-state index is 13.5. The Kier molecular flexibility index (Phi) is 3.97. The van der Waals surface area contributed by atoms with Gasteiger partial charge in [-0.2, -0.15) is 0 Å². The second kappa shape index (κ2) is 6.07. The lowest BCUT2D eigenvalue weighted by molar-refractivity contribution is -0.123. The van der Waals surface area contributed by atoms with Gasteiger partial charge in [0.2, 0.25) is 5.91 Å². The van der Waals surface area contributed by atoms with Gasteiger partial charge in [-0.1, -0.05) is 5.16 Å². The lowest BCUT2D eigenvalue weighted by atomic mass is 9.80. The highest BCUT2D eigenvalue weighted by Crippen LogP contribution is 2.35. The molecule has 2 saturated heterocycles. The normalized spacial score (nSPS) is 26.3. The molecule has 138 valence electrons. The molecule has 2 fully saturated rings. The third-order valence-electron chi connectivity index (χ3n) is 5.75. The molecule has 0 saturated carbocycles. The number of nitrogens with one attached hydrogen (secondary N) is 1. The van der Waals surface area contributed by atoms with Crippen LogP contribution in [0.15, 0.2) is 10.6 Å². The largest absolute Gasteiger partial charge is 0.349 e. The number of aryl methyl sites for hydroxylation is 2. The molecule has 2 atom stereocenters. The van der Waals surface area contributed by atoms with Crippen LogP contribution in [0.1, 0.15) is 60.8 Å². The molecule has 2 aliphatic heterocycles. The Morgan fingerprint density at radius 1 is 1.38 bits per heavy atom. The molecule has 2 amide bonds. The molecule has 7 heteroatoms. The van der Waals surface area contributed by atoms with Crippen LogP contribution in [0.4, 0.5) is 0 Å². The van der Waals surface area contributed by atoms with E-state index in [9.17, 15) is 9.59 Å². The Bertz CT molecular complexity index is 890. The molecule has 7 nitrogen and oxygen atoms in total. The summed E-state index contributed by atoms with van der Waals surface area (Å²) in [5, 5.41) is 7.84. The molecule has 0 aliphatic carbocycles. The smallest absolute Gasteiger partial charge is 0.258 e. The molecule has 0 spiro atoms. The monoisotopic (exact) mass is 356 g/mol. The molecule has 0 bridgehead atoms. The number of piperidine rings is 1. The van der Waals surface area contributed by atoms with Crippen molar-refractivity contribution in [1.82, 2.24) is 20.4 Å². The minimum absolute atomic E-state index is 0.00103. The zero-order chi connectivity index (χ0) is 18.5. The molecule has 26 heavy (non-hydrogen) atoms. The van der Waals surface area contributed by atoms with Crippen LogP contribution in [0.3, 0.4) is 0 Å². The maximum Gasteiger partial charge on any atom is 0.258 e. The van der Waals surface area contributed by atoms with E-state index < -0.39 is 0 Å². The Balaban J connectivity index is 1.76. The van der Waals surface area contributed by atoms with E-state index in [4.69, 9.17) is 4.52 Å². The quantitative estimate of drug-likeness (QED) is 0.848. The van der Waals surface area contributed by atoms with E-state index in [2.05, 4.69) is 22.4 Å². The van der Waals surface area contributed by atoms with Crippen molar-refractivity contribution < 1.29 is 14.1 Å². The standard InChI is InChI=1S/C19H24N4O3/c1-11-10-13(16-12(2)22-26-17(16)20-11)18(25)23-9-5-8-19(3)14(23)6-4-7-15(24)21-19/h10,14H,4-9H2,1-3H3,(H,21,24)/t14-,19-/m0/s1. The molecule has 2 aliphatic rings. The molecular formula is C19H24N4O3. The first-order valence-corrected chi connectivity index (χ1v) is 9.25. The van der Waals surface area contributed by atoms with Crippen molar-refractivity contribution >= 4 is 22.9 Å². The van der Waals surface area contributed by atoms with Gasteiger partial charge in [-0.3, -0.25) is 9.59 Å². The fourth-order valence-corrected chi connectivity index (χ4v) is 4.52. The maximum absolute atomic E-state index is 13.5. The summed E-state index contributed by atoms with van der Waals surface area (Å²) in [5.74, 6) is 0.0557. The Morgan fingerprint density at radius 2 is 2.19 bits per heavy atom. The minimum Gasteiger partial charge on any atom is -0.349 e. The summed E-state index contributed by atoms with van der Waals surface area (Å²) in [7, 11) is 0. The van der Waals surface area contributed by atoms with Crippen LogP contribution < -0.4 is 5.32 Å². The molecule has 2 aromatic heterocycles. The van der Waals surface area contributed by atoms with Gasteiger partial charge < -0.3 is 14.7 Å². The van der Waals surface area contributed by atoms with Crippen LogP contribution in [-0.4, -0.2) is 45.0 Å². The first kappa shape index (κ1) is 17.0. The number of pyridine rings is 1. The molecule has 2 aromatic rings. The molecular weight excluding hydrogens is 332 g/mol. The molecule has 1 N–H and O–H groups in total. The van der Waals surface area contributed by atoms with Gasteiger partial charge in [0, 0.05) is 18.7 Å². The third kappa shape index (κ3) is 2.66. The number of carbonyl (C=O) groups excluding carboxylic acids is 2. The number of hydrogen-bond donors (Lipinski definition) is 1. The van der Waals surface area contributed by atoms with Gasteiger partial charge >= 0.3 is 0 Å². The molecule has 0 radical (unpaired) electrons. The van der Waals surface area contributed by atoms with E-state index in [0.717, 1.165) is 31.4 Å². The van der Waals surface area contributed by atoms with Crippen LogP contribution in [0, 0.1) is 13.8 Å². The zero-order valence-electron chi connectivity index (χ0n) is 15.5. The minimum atomic E-state index is -0.369. The van der Waals surface area contributed by atoms with Crippen molar-refractivity contribution in [1.29, 1.82) is 0 Å². The molecule has 0 aromatic carbocycles. The highest BCUT2D eigenvalue weighted by molar-refractivity contribution is 6.06. The average molecular weight is 356 g/mol. The van der Waals surface area contributed by atoms with Crippen LogP contribution in [-0.2, 0) is 4.79 Å². The van der Waals surface area contributed by atoms with Crippen LogP contribution in [0.5, 0.6) is 0 Å². The van der Waals surface area contributed by atoms with Crippen molar-refractivity contribution in [2.75, 3.05) is 6.54 Å². The fourth-order valence-electron chi connectivity index (χ4n) is 4.52. The van der Waals surface area contributed by atoms with E-state index in [0.29, 0.717) is 35.3 Å². The number of rotatable bonds is 1. The van der Waals surface area contributed by atoms with Crippen LogP contribution in [0.25, 0.3) is 11.1 Å². The first-order chi connectivity index (χ1) is 12.4. The van der Waals surface area contributed by atoms with Crippen LogP contribution in [0.2, 0.25) is 0 Å². The number of hydrogen-bond acceptors (Lipinski definition) is 5. The molecule has 0 unspecified atom stereocenters. The predicted molar refractivity (Wildman–Crippen MR) is 95.7 cm³/mol. The van der Waals surface area contributed by atoms with E-state index in [1.807, 2.05) is 24.8 Å². The lowest BCUT2D eigenvalue weighted by Crippen LogP contribution is -2.63. The molecule has 4 rings (SSSR count). The first-order valence-electron chi connectivity index (χ1n) is 9.25. The van der Waals surface area contributed by atoms with E-state index in [1.54, 1.807) is 0 Å². The van der Waals surface area contributed by atoms with Gasteiger partial charge in [0.15, 0.2) is 0 Å². The van der Waals surface area contributed by atoms with Crippen molar-refractivity contribution in [2.24, 2.45) is 0 Å². The highest BCUT2D eigenvalue weighted by Gasteiger charge is 2.45. The summed E-state index contributed by atoms with van der Waals surface area (Å²) in [6.07, 6.45) is 3.92. The third-order valence-corrected chi connectivity index (χ3v) is 5.75. The van der Waals surface area contributed by atoms with Gasteiger partial charge in [0.1, 0.15) is 0 Å². The van der Waals surface area contributed by atoms with Gasteiger partial charge in [-0.05, 0) is 52.5 Å². The summed E-state index contributed by atoms with van der Waals surface area (Å²) in [4.78, 5) is 31.9. The van der Waals surface area contributed by atoms with Gasteiger partial charge in [-0.25, -0.2) is 4.98 Å². The summed E-state index contributed by atoms with van der Waals surface area (Å²) >= 11 is 0. The number of amides is 2. The lowest BCUT2D eigenvalue weighted by Gasteiger charge is -2.47. The summed E-state index contributed by atoms with van der Waals surface area (Å²) in [6.45, 7) is 6.44. The number of fused-ring (bicyclic) bond motifs is 2. The second-order valence-electron chi connectivity index (χ2n) is 7.74. The number of aromatic nitrogens is 2. The topological polar surface area (TPSA) is 88.3 Å². The van der Waals surface area contributed by atoms with Crippen molar-refractivity contribution in [3.05, 3.63) is 23.0 Å². The highest BCUT2D eigenvalue weighted by atomic mass is 16.5. The van der Waals surface area contributed by atoms with E-state index in [1.165, 1.54) is 0 Å². The summed E-state index contributed by atoms with van der Waals surface area (Å²) in [5.41, 5.74) is 2.02. The van der Waals surface area contributed by atoms with Gasteiger partial charge in [-0.15, -0.1) is 0 Å². The number of nitrogens with zero attached hydrogens (tertiary/aromatic N) is 3. The SMILES string of the molecule is Cc1cc(C(=O)N2CCC[C@]3(C)NC(=O)CCC[C@H]23)c2c(C)noc2n1. The second-order valence-corrected chi connectivity index (χ2v) is 7.74. The predicted octanol–water partition coefficient (Wildman–Crippen LogP) is 2.50. The summed E-state index contributed by atoms with van der Waals surface area (Å²) < 4.78 is 5.28. The molecule has 4 heterocycles. The summed E-state index contributed by atoms with van der Waals surface area (Å²) in [6, 6.07) is 1.81. The van der Waals surface area contributed by atoms with E-state index >= 15 is 0 Å². The van der Waals surface area contributed by atoms with Crippen LogP contribution >= 0.6 is 0 Å². The van der Waals surface area contributed by atoms with E-state index in [-0.39, 0.29) is 23.4 Å². The van der Waals surface area contributed by atoms with Crippen molar-refractivity contribution in [2.45, 2.75) is 64.5 Å².